The molecule has 0 radical (unpaired) electrons. The van der Waals surface area contributed by atoms with E-state index in [0.717, 1.165) is 9.04 Å². The van der Waals surface area contributed by atoms with Crippen molar-refractivity contribution in [2.24, 2.45) is 0 Å². The number of aliphatic hydroxyl groups is 1. The Labute approximate surface area is 116 Å². The third-order valence-electron chi connectivity index (χ3n) is 2.51. The lowest BCUT2D eigenvalue weighted by Crippen LogP contribution is -2.07. The summed E-state index contributed by atoms with van der Waals surface area (Å²) in [4.78, 5) is 3.81. The second-order valence-corrected chi connectivity index (χ2v) is 4.58. The highest BCUT2D eigenvalue weighted by molar-refractivity contribution is 9.10. The van der Waals surface area contributed by atoms with Gasteiger partial charge in [-0.3, -0.25) is 4.57 Å². The van der Waals surface area contributed by atoms with Crippen LogP contribution in [-0.2, 0) is 13.2 Å². The molecule has 4 nitrogen and oxygen atoms in total. The van der Waals surface area contributed by atoms with Gasteiger partial charge in [0.15, 0.2) is 5.82 Å². The van der Waals surface area contributed by atoms with Gasteiger partial charge in [-0.1, -0.05) is 15.9 Å². The molecule has 102 valence electrons. The van der Waals surface area contributed by atoms with Gasteiger partial charge in [-0.25, -0.2) is 4.98 Å². The van der Waals surface area contributed by atoms with E-state index in [2.05, 4.69) is 20.9 Å². The SMILES string of the molecule is OCc1cc(OCc2nccn2C(F)F)ccc1Br. The minimum atomic E-state index is -2.64. The molecule has 1 aromatic carbocycles. The highest BCUT2D eigenvalue weighted by Gasteiger charge is 2.12. The first-order valence-electron chi connectivity index (χ1n) is 5.43. The molecule has 0 atom stereocenters. The fraction of sp³-hybridized carbons (Fsp3) is 0.250. The van der Waals surface area contributed by atoms with Crippen molar-refractivity contribution >= 4 is 15.9 Å². The van der Waals surface area contributed by atoms with Crippen molar-refractivity contribution in [2.45, 2.75) is 19.8 Å². The zero-order valence-electron chi connectivity index (χ0n) is 9.76. The second kappa shape index (κ2) is 6.12. The molecule has 0 fully saturated rings. The highest BCUT2D eigenvalue weighted by atomic mass is 79.9. The summed E-state index contributed by atoms with van der Waals surface area (Å²) in [5, 5.41) is 9.11. The number of aromatic nitrogens is 2. The Bertz CT molecular complexity index is 560. The molecule has 0 spiro atoms. The minimum absolute atomic E-state index is 0.0656. The molecule has 2 rings (SSSR count). The van der Waals surface area contributed by atoms with Gasteiger partial charge < -0.3 is 9.84 Å². The van der Waals surface area contributed by atoms with Crippen LogP contribution < -0.4 is 4.74 Å². The molecule has 1 aromatic heterocycles. The van der Waals surface area contributed by atoms with Crippen molar-refractivity contribution in [1.82, 2.24) is 9.55 Å². The van der Waals surface area contributed by atoms with Crippen LogP contribution in [0, 0.1) is 0 Å². The van der Waals surface area contributed by atoms with E-state index in [-0.39, 0.29) is 19.0 Å². The number of alkyl halides is 2. The van der Waals surface area contributed by atoms with Crippen molar-refractivity contribution in [1.29, 1.82) is 0 Å². The van der Waals surface area contributed by atoms with Crippen LogP contribution in [-0.4, -0.2) is 14.7 Å². The van der Waals surface area contributed by atoms with E-state index < -0.39 is 6.55 Å². The maximum Gasteiger partial charge on any atom is 0.320 e. The average Bonchev–Trinajstić information content (AvgIpc) is 2.86. The zero-order chi connectivity index (χ0) is 13.8. The quantitative estimate of drug-likeness (QED) is 0.915. The Hall–Kier alpha value is -1.47. The average molecular weight is 333 g/mol. The van der Waals surface area contributed by atoms with Crippen LogP contribution in [0.15, 0.2) is 35.1 Å². The van der Waals surface area contributed by atoms with Crippen molar-refractivity contribution in [3.8, 4) is 5.75 Å². The summed E-state index contributed by atoms with van der Waals surface area (Å²) in [6, 6.07) is 5.04. The molecule has 1 N–H and O–H groups in total. The molecule has 0 saturated heterocycles. The normalized spacial score (nSPS) is 11.0. The van der Waals surface area contributed by atoms with Gasteiger partial charge in [-0.15, -0.1) is 0 Å². The molecule has 7 heteroatoms. The molecular formula is C12H11BrF2N2O2. The van der Waals surface area contributed by atoms with Gasteiger partial charge in [0.05, 0.1) is 6.61 Å². The number of nitrogens with zero attached hydrogens (tertiary/aromatic N) is 2. The summed E-state index contributed by atoms with van der Waals surface area (Å²) in [5.41, 5.74) is 0.662. The first kappa shape index (κ1) is 14.0. The molecule has 2 aromatic rings. The van der Waals surface area contributed by atoms with Crippen LogP contribution in [0.25, 0.3) is 0 Å². The minimum Gasteiger partial charge on any atom is -0.486 e. The Morgan fingerprint density at radius 1 is 1.42 bits per heavy atom. The van der Waals surface area contributed by atoms with Gasteiger partial charge in [0, 0.05) is 16.9 Å². The van der Waals surface area contributed by atoms with Gasteiger partial charge in [0.25, 0.3) is 0 Å². The predicted molar refractivity (Wildman–Crippen MR) is 67.9 cm³/mol. The molecule has 19 heavy (non-hydrogen) atoms. The fourth-order valence-electron chi connectivity index (χ4n) is 1.54. The number of hydrogen-bond donors (Lipinski definition) is 1. The molecule has 0 saturated carbocycles. The Balaban J connectivity index is 2.08. The summed E-state index contributed by atoms with van der Waals surface area (Å²) >= 11 is 3.28. The van der Waals surface area contributed by atoms with E-state index in [1.54, 1.807) is 18.2 Å². The summed E-state index contributed by atoms with van der Waals surface area (Å²) in [6.45, 7) is -2.84. The number of hydrogen-bond acceptors (Lipinski definition) is 3. The zero-order valence-corrected chi connectivity index (χ0v) is 11.3. The molecule has 0 aliphatic carbocycles. The largest absolute Gasteiger partial charge is 0.486 e. The van der Waals surface area contributed by atoms with Crippen molar-refractivity contribution in [3.05, 3.63) is 46.5 Å². The van der Waals surface area contributed by atoms with Gasteiger partial charge in [0.2, 0.25) is 0 Å². The molecule has 1 heterocycles. The predicted octanol–water partition coefficient (Wildman–Crippen LogP) is 3.11. The van der Waals surface area contributed by atoms with Crippen LogP contribution in [0.5, 0.6) is 5.75 Å². The van der Waals surface area contributed by atoms with E-state index in [1.807, 2.05) is 0 Å². The third-order valence-corrected chi connectivity index (χ3v) is 3.29. The lowest BCUT2D eigenvalue weighted by molar-refractivity contribution is 0.0632. The van der Waals surface area contributed by atoms with Crippen LogP contribution in [0.2, 0.25) is 0 Å². The molecule has 0 amide bonds. The molecule has 0 unspecified atom stereocenters. The number of rotatable bonds is 5. The van der Waals surface area contributed by atoms with Crippen LogP contribution >= 0.6 is 15.9 Å². The van der Waals surface area contributed by atoms with E-state index in [1.165, 1.54) is 12.4 Å². The summed E-state index contributed by atoms with van der Waals surface area (Å²) in [7, 11) is 0. The molecular weight excluding hydrogens is 322 g/mol. The summed E-state index contributed by atoms with van der Waals surface area (Å²) < 4.78 is 32.1. The first-order chi connectivity index (χ1) is 9.11. The monoisotopic (exact) mass is 332 g/mol. The Morgan fingerprint density at radius 2 is 2.21 bits per heavy atom. The fourth-order valence-corrected chi connectivity index (χ4v) is 1.92. The Kier molecular flexibility index (Phi) is 4.49. The van der Waals surface area contributed by atoms with E-state index in [0.29, 0.717) is 11.3 Å². The van der Waals surface area contributed by atoms with Gasteiger partial charge in [-0.2, -0.15) is 8.78 Å². The Morgan fingerprint density at radius 3 is 2.89 bits per heavy atom. The lowest BCUT2D eigenvalue weighted by atomic mass is 10.2. The maximum atomic E-state index is 12.6. The standard InChI is InChI=1S/C12H11BrF2N2O2/c13-10-2-1-9(5-8(10)6-18)19-7-11-16-3-4-17(11)12(14)15/h1-5,12,18H,6-7H2. The van der Waals surface area contributed by atoms with E-state index in [4.69, 9.17) is 9.84 Å². The van der Waals surface area contributed by atoms with Crippen LogP contribution in [0.3, 0.4) is 0 Å². The topological polar surface area (TPSA) is 47.3 Å². The molecule has 0 aliphatic heterocycles. The smallest absolute Gasteiger partial charge is 0.320 e. The number of aliphatic hydroxyl groups excluding tert-OH is 1. The number of ether oxygens (including phenoxy) is 1. The van der Waals surface area contributed by atoms with E-state index in [9.17, 15) is 8.78 Å². The highest BCUT2D eigenvalue weighted by Crippen LogP contribution is 2.23. The van der Waals surface area contributed by atoms with Gasteiger partial charge in [0.1, 0.15) is 12.4 Å². The van der Waals surface area contributed by atoms with Crippen molar-refractivity contribution in [3.63, 3.8) is 0 Å². The number of imidazole rings is 1. The first-order valence-corrected chi connectivity index (χ1v) is 6.23. The maximum absolute atomic E-state index is 12.6. The lowest BCUT2D eigenvalue weighted by Gasteiger charge is -2.10. The summed E-state index contributed by atoms with van der Waals surface area (Å²) in [6.07, 6.45) is 2.50. The molecule has 0 bridgehead atoms. The summed E-state index contributed by atoms with van der Waals surface area (Å²) in [5.74, 6) is 0.625. The van der Waals surface area contributed by atoms with Crippen molar-refractivity contribution in [2.75, 3.05) is 0 Å². The van der Waals surface area contributed by atoms with E-state index >= 15 is 0 Å². The molecule has 0 aliphatic rings. The number of halogens is 3. The van der Waals surface area contributed by atoms with Crippen molar-refractivity contribution < 1.29 is 18.6 Å². The number of benzene rings is 1. The van der Waals surface area contributed by atoms with Crippen LogP contribution in [0.1, 0.15) is 17.9 Å². The van der Waals surface area contributed by atoms with Crippen LogP contribution in [0.4, 0.5) is 8.78 Å². The van der Waals surface area contributed by atoms with Gasteiger partial charge in [-0.05, 0) is 23.8 Å². The van der Waals surface area contributed by atoms with Gasteiger partial charge >= 0.3 is 6.55 Å². The third kappa shape index (κ3) is 3.30. The second-order valence-electron chi connectivity index (χ2n) is 3.73.